The molecule has 0 atom stereocenters. The van der Waals surface area contributed by atoms with Crippen molar-refractivity contribution in [1.82, 2.24) is 8.94 Å². The summed E-state index contributed by atoms with van der Waals surface area (Å²) in [4.78, 5) is 0.303. The van der Waals surface area contributed by atoms with Crippen molar-refractivity contribution in [3.8, 4) is 11.4 Å². The topological polar surface area (TPSA) is 76.9 Å². The third-order valence-electron chi connectivity index (χ3n) is 1.99. The van der Waals surface area contributed by atoms with Gasteiger partial charge in [0.25, 0.3) is 0 Å². The van der Waals surface area contributed by atoms with Gasteiger partial charge in [-0.05, 0) is 24.3 Å². The molecule has 1 aromatic heterocycles. The molecule has 1 aromatic carbocycles. The van der Waals surface area contributed by atoms with E-state index in [1.165, 1.54) is 0 Å². The van der Waals surface area contributed by atoms with Crippen LogP contribution < -0.4 is 15.3 Å². The zero-order valence-corrected chi connectivity index (χ0v) is 8.91. The number of hydrogen-bond acceptors (Lipinski definition) is 5. The predicted octanol–water partition coefficient (Wildman–Crippen LogP) is 1.00. The number of rotatable bonds is 2. The molecule has 0 aliphatic rings. The van der Waals surface area contributed by atoms with E-state index in [4.69, 9.17) is 15.9 Å². The molecule has 0 aliphatic carbocycles. The number of methoxy groups -OCH3 is 1. The minimum Gasteiger partial charge on any atom is -0.497 e. The van der Waals surface area contributed by atoms with Crippen LogP contribution in [0.1, 0.15) is 0 Å². The molecule has 1 heterocycles. The number of anilines is 1. The van der Waals surface area contributed by atoms with Crippen LogP contribution in [-0.2, 0) is 0 Å². The highest BCUT2D eigenvalue weighted by molar-refractivity contribution is 7.02. The quantitative estimate of drug-likeness (QED) is 0.796. The maximum atomic E-state index is 7.64. The highest BCUT2D eigenvalue weighted by Crippen LogP contribution is 2.15. The van der Waals surface area contributed by atoms with E-state index in [-0.39, 0.29) is 0 Å². The fourth-order valence-corrected chi connectivity index (χ4v) is 1.80. The maximum absolute atomic E-state index is 7.64. The first-order chi connectivity index (χ1) is 7.22. The molecule has 0 radical (unpaired) electrons. The van der Waals surface area contributed by atoms with Crippen LogP contribution in [0.25, 0.3) is 5.69 Å². The average molecular weight is 222 g/mol. The third kappa shape index (κ3) is 1.71. The summed E-state index contributed by atoms with van der Waals surface area (Å²) >= 11 is 1.06. The van der Waals surface area contributed by atoms with E-state index in [0.29, 0.717) is 10.7 Å². The number of nitrogen functional groups attached to an aromatic ring is 1. The van der Waals surface area contributed by atoms with Gasteiger partial charge in [-0.1, -0.05) is 0 Å². The molecule has 3 N–H and O–H groups in total. The molecular formula is C9H10N4OS. The van der Waals surface area contributed by atoms with Gasteiger partial charge in [-0.25, -0.2) is 0 Å². The van der Waals surface area contributed by atoms with E-state index in [9.17, 15) is 0 Å². The fraction of sp³-hybridized carbons (Fsp3) is 0.111. The minimum atomic E-state index is 0.303. The van der Waals surface area contributed by atoms with Gasteiger partial charge >= 0.3 is 0 Å². The molecule has 0 bridgehead atoms. The Kier molecular flexibility index (Phi) is 2.42. The lowest BCUT2D eigenvalue weighted by Gasteiger charge is -2.04. The first kappa shape index (κ1) is 9.72. The first-order valence-corrected chi connectivity index (χ1v) is 5.03. The van der Waals surface area contributed by atoms with Gasteiger partial charge in [0.2, 0.25) is 10.7 Å². The SMILES string of the molecule is COc1ccc(-n2c(N)nsc2=N)cc1. The summed E-state index contributed by atoms with van der Waals surface area (Å²) in [5, 5.41) is 7.64. The number of nitrogens with one attached hydrogen (secondary N) is 1. The molecule has 0 spiro atoms. The number of nitrogens with two attached hydrogens (primary N) is 1. The molecule has 15 heavy (non-hydrogen) atoms. The summed E-state index contributed by atoms with van der Waals surface area (Å²) in [7, 11) is 1.61. The number of ether oxygens (including phenoxy) is 1. The zero-order chi connectivity index (χ0) is 10.8. The Bertz CT molecular complexity index is 514. The monoisotopic (exact) mass is 222 g/mol. The Morgan fingerprint density at radius 1 is 1.40 bits per heavy atom. The van der Waals surface area contributed by atoms with E-state index >= 15 is 0 Å². The third-order valence-corrected chi connectivity index (χ3v) is 2.62. The van der Waals surface area contributed by atoms with Crippen LogP contribution in [0.15, 0.2) is 24.3 Å². The van der Waals surface area contributed by atoms with Crippen LogP contribution in [0.5, 0.6) is 5.75 Å². The van der Waals surface area contributed by atoms with Crippen molar-refractivity contribution < 1.29 is 4.74 Å². The minimum absolute atomic E-state index is 0.303. The molecule has 0 saturated carbocycles. The molecule has 0 amide bonds. The van der Waals surface area contributed by atoms with E-state index in [2.05, 4.69) is 4.37 Å². The average Bonchev–Trinajstić information content (AvgIpc) is 2.59. The van der Waals surface area contributed by atoms with Gasteiger partial charge < -0.3 is 10.5 Å². The molecule has 0 fully saturated rings. The standard InChI is InChI=1S/C9H10N4OS/c1-14-7-4-2-6(3-5-7)13-8(10)12-15-9(13)11/h2-5,11H,1H3,(H2,10,12). The number of benzene rings is 1. The first-order valence-electron chi connectivity index (χ1n) is 4.25. The molecule has 0 aliphatic heterocycles. The second-order valence-corrected chi connectivity index (χ2v) is 3.63. The molecule has 2 rings (SSSR count). The van der Waals surface area contributed by atoms with Gasteiger partial charge in [-0.3, -0.25) is 9.98 Å². The Morgan fingerprint density at radius 3 is 2.53 bits per heavy atom. The van der Waals surface area contributed by atoms with E-state index in [0.717, 1.165) is 23.0 Å². The summed E-state index contributed by atoms with van der Waals surface area (Å²) in [5.41, 5.74) is 6.47. The Morgan fingerprint density at radius 2 is 2.07 bits per heavy atom. The summed E-state index contributed by atoms with van der Waals surface area (Å²) in [6, 6.07) is 7.31. The number of nitrogens with zero attached hydrogens (tertiary/aromatic N) is 2. The Hall–Kier alpha value is -1.82. The van der Waals surface area contributed by atoms with Gasteiger partial charge in [0.15, 0.2) is 0 Å². The lowest BCUT2D eigenvalue weighted by atomic mass is 10.3. The second-order valence-electron chi connectivity index (χ2n) is 2.88. The van der Waals surface area contributed by atoms with Crippen molar-refractivity contribution in [3.05, 3.63) is 29.1 Å². The molecular weight excluding hydrogens is 212 g/mol. The zero-order valence-electron chi connectivity index (χ0n) is 8.10. The second kappa shape index (κ2) is 3.74. The molecule has 0 saturated heterocycles. The fourth-order valence-electron chi connectivity index (χ4n) is 1.26. The summed E-state index contributed by atoms with van der Waals surface area (Å²) in [5.74, 6) is 1.10. The van der Waals surface area contributed by atoms with Gasteiger partial charge in [0.1, 0.15) is 5.75 Å². The largest absolute Gasteiger partial charge is 0.497 e. The highest BCUT2D eigenvalue weighted by atomic mass is 32.1. The van der Waals surface area contributed by atoms with Crippen molar-refractivity contribution in [2.24, 2.45) is 0 Å². The van der Waals surface area contributed by atoms with Gasteiger partial charge in [-0.15, -0.1) is 0 Å². The lowest BCUT2D eigenvalue weighted by Crippen LogP contribution is -2.13. The summed E-state index contributed by atoms with van der Waals surface area (Å²) in [6.45, 7) is 0. The van der Waals surface area contributed by atoms with Crippen LogP contribution in [-0.4, -0.2) is 16.1 Å². The van der Waals surface area contributed by atoms with Crippen LogP contribution in [0, 0.1) is 5.41 Å². The molecule has 2 aromatic rings. The van der Waals surface area contributed by atoms with E-state index < -0.39 is 0 Å². The smallest absolute Gasteiger partial charge is 0.218 e. The van der Waals surface area contributed by atoms with Crippen molar-refractivity contribution in [2.45, 2.75) is 0 Å². The van der Waals surface area contributed by atoms with Crippen LogP contribution in [0.3, 0.4) is 0 Å². The summed E-state index contributed by atoms with van der Waals surface area (Å²) in [6.07, 6.45) is 0. The highest BCUT2D eigenvalue weighted by Gasteiger charge is 2.04. The lowest BCUT2D eigenvalue weighted by molar-refractivity contribution is 0.414. The Balaban J connectivity index is 2.50. The van der Waals surface area contributed by atoms with Crippen LogP contribution in [0.4, 0.5) is 5.95 Å². The van der Waals surface area contributed by atoms with Crippen molar-refractivity contribution in [3.63, 3.8) is 0 Å². The van der Waals surface area contributed by atoms with Gasteiger partial charge in [0, 0.05) is 11.5 Å². The normalized spacial score (nSPS) is 10.2. The van der Waals surface area contributed by atoms with E-state index in [1.807, 2.05) is 24.3 Å². The Labute approximate surface area is 90.4 Å². The van der Waals surface area contributed by atoms with Crippen molar-refractivity contribution in [1.29, 1.82) is 5.41 Å². The molecule has 5 nitrogen and oxygen atoms in total. The summed E-state index contributed by atoms with van der Waals surface area (Å²) < 4.78 is 10.5. The number of hydrogen-bond donors (Lipinski definition) is 2. The van der Waals surface area contributed by atoms with Crippen molar-refractivity contribution >= 4 is 17.5 Å². The molecule has 6 heteroatoms. The maximum Gasteiger partial charge on any atom is 0.218 e. The number of aromatic nitrogens is 2. The van der Waals surface area contributed by atoms with Gasteiger partial charge in [0.05, 0.1) is 12.8 Å². The van der Waals surface area contributed by atoms with Crippen LogP contribution >= 0.6 is 11.5 Å². The van der Waals surface area contributed by atoms with Crippen molar-refractivity contribution in [2.75, 3.05) is 12.8 Å². The van der Waals surface area contributed by atoms with Crippen LogP contribution in [0.2, 0.25) is 0 Å². The van der Waals surface area contributed by atoms with E-state index in [1.54, 1.807) is 11.7 Å². The predicted molar refractivity (Wildman–Crippen MR) is 58.3 cm³/mol. The molecule has 0 unspecified atom stereocenters. The van der Waals surface area contributed by atoms with Gasteiger partial charge in [-0.2, -0.15) is 4.37 Å². The molecule has 78 valence electrons.